The van der Waals surface area contributed by atoms with Crippen molar-refractivity contribution in [2.75, 3.05) is 18.5 Å². The molecule has 1 aromatic heterocycles. The van der Waals surface area contributed by atoms with Crippen molar-refractivity contribution >= 4 is 11.7 Å². The largest absolute Gasteiger partial charge is 0.421 e. The van der Waals surface area contributed by atoms with E-state index in [9.17, 15) is 4.79 Å². The van der Waals surface area contributed by atoms with E-state index in [-0.39, 0.29) is 18.7 Å². The van der Waals surface area contributed by atoms with Crippen molar-refractivity contribution in [3.05, 3.63) is 30.2 Å². The third-order valence-corrected chi connectivity index (χ3v) is 3.74. The number of carbonyl (C=O) groups excluding carboxylic acids is 1. The zero-order valence-electron chi connectivity index (χ0n) is 13.0. The second-order valence-electron chi connectivity index (χ2n) is 5.51. The minimum atomic E-state index is -0.180. The number of amides is 2. The van der Waals surface area contributed by atoms with E-state index in [1.807, 2.05) is 19.1 Å². The summed E-state index contributed by atoms with van der Waals surface area (Å²) in [5, 5.41) is 19.8. The number of nitrogens with one attached hydrogen (secondary N) is 1. The molecule has 0 spiro atoms. The van der Waals surface area contributed by atoms with E-state index in [2.05, 4.69) is 15.5 Å². The normalized spacial score (nSPS) is 13.8. The molecule has 1 aliphatic rings. The monoisotopic (exact) mass is 316 g/mol. The van der Waals surface area contributed by atoms with Crippen LogP contribution in [0.2, 0.25) is 0 Å². The topological polar surface area (TPSA) is 91.5 Å². The highest BCUT2D eigenvalue weighted by molar-refractivity contribution is 5.90. The van der Waals surface area contributed by atoms with Gasteiger partial charge < -0.3 is 19.7 Å². The van der Waals surface area contributed by atoms with Crippen molar-refractivity contribution in [3.63, 3.8) is 0 Å². The van der Waals surface area contributed by atoms with Crippen molar-refractivity contribution in [2.24, 2.45) is 0 Å². The summed E-state index contributed by atoms with van der Waals surface area (Å²) < 4.78 is 5.50. The molecule has 0 saturated heterocycles. The van der Waals surface area contributed by atoms with Crippen LogP contribution in [0.5, 0.6) is 0 Å². The van der Waals surface area contributed by atoms with E-state index >= 15 is 0 Å². The summed E-state index contributed by atoms with van der Waals surface area (Å²) in [7, 11) is 0. The first kappa shape index (κ1) is 15.5. The Labute approximate surface area is 134 Å². The molecule has 1 fully saturated rings. The van der Waals surface area contributed by atoms with Crippen LogP contribution in [0.15, 0.2) is 28.7 Å². The molecule has 23 heavy (non-hydrogen) atoms. The third kappa shape index (κ3) is 3.68. The average molecular weight is 316 g/mol. The third-order valence-electron chi connectivity index (χ3n) is 3.74. The molecule has 1 heterocycles. The summed E-state index contributed by atoms with van der Waals surface area (Å²) in [5.74, 6) is 1.07. The highest BCUT2D eigenvalue weighted by Crippen LogP contribution is 2.27. The number of carbonyl (C=O) groups is 1. The summed E-state index contributed by atoms with van der Waals surface area (Å²) in [5.41, 5.74) is 1.50. The Morgan fingerprint density at radius 1 is 1.35 bits per heavy atom. The van der Waals surface area contributed by atoms with E-state index in [0.717, 1.165) is 18.4 Å². The van der Waals surface area contributed by atoms with Crippen molar-refractivity contribution in [1.82, 2.24) is 15.1 Å². The lowest BCUT2D eigenvalue weighted by atomic mass is 10.2. The van der Waals surface area contributed by atoms with Gasteiger partial charge in [-0.2, -0.15) is 0 Å². The van der Waals surface area contributed by atoms with Gasteiger partial charge in [-0.1, -0.05) is 6.92 Å². The van der Waals surface area contributed by atoms with E-state index in [1.165, 1.54) is 0 Å². The van der Waals surface area contributed by atoms with Gasteiger partial charge in [0.25, 0.3) is 0 Å². The highest BCUT2D eigenvalue weighted by Gasteiger charge is 2.32. The second kappa shape index (κ2) is 6.78. The average Bonchev–Trinajstić information content (AvgIpc) is 3.29. The predicted molar refractivity (Wildman–Crippen MR) is 84.9 cm³/mol. The lowest BCUT2D eigenvalue weighted by Crippen LogP contribution is -2.38. The van der Waals surface area contributed by atoms with Gasteiger partial charge in [0.1, 0.15) is 0 Å². The molecule has 122 valence electrons. The summed E-state index contributed by atoms with van der Waals surface area (Å²) in [6.07, 6.45) is 2.70. The van der Waals surface area contributed by atoms with E-state index in [4.69, 9.17) is 9.52 Å². The van der Waals surface area contributed by atoms with Crippen LogP contribution in [0.4, 0.5) is 10.5 Å². The van der Waals surface area contributed by atoms with Gasteiger partial charge in [-0.25, -0.2) is 4.79 Å². The van der Waals surface area contributed by atoms with Crippen LogP contribution < -0.4 is 5.32 Å². The van der Waals surface area contributed by atoms with Crippen LogP contribution >= 0.6 is 0 Å². The number of urea groups is 1. The molecule has 7 nitrogen and oxygen atoms in total. The summed E-state index contributed by atoms with van der Waals surface area (Å²) in [6.45, 7) is 2.28. The number of aryl methyl sites for hydroxylation is 1. The number of hydrogen-bond acceptors (Lipinski definition) is 5. The first-order valence-electron chi connectivity index (χ1n) is 7.82. The van der Waals surface area contributed by atoms with Gasteiger partial charge in [-0.3, -0.25) is 0 Å². The number of aliphatic hydroxyl groups excluding tert-OH is 1. The minimum absolute atomic E-state index is 0.0280. The molecule has 1 aromatic carbocycles. The molecule has 2 N–H and O–H groups in total. The number of aliphatic hydroxyl groups is 1. The SMILES string of the molecule is CCc1nnc(-c2ccc(NC(=O)N(CCO)C3CC3)cc2)o1. The van der Waals surface area contributed by atoms with Gasteiger partial charge >= 0.3 is 6.03 Å². The van der Waals surface area contributed by atoms with Crippen LogP contribution in [0.3, 0.4) is 0 Å². The second-order valence-corrected chi connectivity index (χ2v) is 5.51. The molecule has 0 bridgehead atoms. The molecule has 0 atom stereocenters. The van der Waals surface area contributed by atoms with Crippen LogP contribution in [-0.4, -0.2) is 45.4 Å². The zero-order valence-corrected chi connectivity index (χ0v) is 13.0. The van der Waals surface area contributed by atoms with Crippen LogP contribution in [-0.2, 0) is 6.42 Å². The Hall–Kier alpha value is -2.41. The Bertz CT molecular complexity index is 664. The summed E-state index contributed by atoms with van der Waals surface area (Å²) in [6, 6.07) is 7.33. The predicted octanol–water partition coefficient (Wildman–Crippen LogP) is 2.29. The van der Waals surface area contributed by atoms with Crippen molar-refractivity contribution in [3.8, 4) is 11.5 Å². The molecular formula is C16H20N4O3. The number of benzene rings is 1. The Morgan fingerprint density at radius 3 is 2.65 bits per heavy atom. The number of anilines is 1. The lowest BCUT2D eigenvalue weighted by Gasteiger charge is -2.21. The van der Waals surface area contributed by atoms with Gasteiger partial charge in [0.2, 0.25) is 11.8 Å². The lowest BCUT2D eigenvalue weighted by molar-refractivity contribution is 0.185. The first-order chi connectivity index (χ1) is 11.2. The van der Waals surface area contributed by atoms with Crippen molar-refractivity contribution in [1.29, 1.82) is 0 Å². The molecule has 0 radical (unpaired) electrons. The van der Waals surface area contributed by atoms with Gasteiger partial charge in [-0.15, -0.1) is 10.2 Å². The van der Waals surface area contributed by atoms with Gasteiger partial charge in [0.05, 0.1) is 6.61 Å². The van der Waals surface area contributed by atoms with E-state index < -0.39 is 0 Å². The number of aromatic nitrogens is 2. The van der Waals surface area contributed by atoms with Crippen LogP contribution in [0.1, 0.15) is 25.7 Å². The highest BCUT2D eigenvalue weighted by atomic mass is 16.4. The van der Waals surface area contributed by atoms with E-state index in [1.54, 1.807) is 17.0 Å². The molecule has 7 heteroatoms. The molecule has 0 unspecified atom stereocenters. The van der Waals surface area contributed by atoms with Crippen molar-refractivity contribution in [2.45, 2.75) is 32.2 Å². The number of nitrogens with zero attached hydrogens (tertiary/aromatic N) is 3. The van der Waals surface area contributed by atoms with Gasteiger partial charge in [-0.05, 0) is 37.1 Å². The fraction of sp³-hybridized carbons (Fsp3) is 0.438. The molecule has 1 saturated carbocycles. The Kier molecular flexibility index (Phi) is 4.57. The smallest absolute Gasteiger partial charge is 0.322 e. The Balaban J connectivity index is 1.65. The zero-order chi connectivity index (χ0) is 16.2. The van der Waals surface area contributed by atoms with E-state index in [0.29, 0.717) is 30.4 Å². The van der Waals surface area contributed by atoms with Gasteiger partial charge in [0.15, 0.2) is 0 Å². The molecule has 3 rings (SSSR count). The maximum absolute atomic E-state index is 12.2. The van der Waals surface area contributed by atoms with Crippen molar-refractivity contribution < 1.29 is 14.3 Å². The first-order valence-corrected chi connectivity index (χ1v) is 7.82. The maximum Gasteiger partial charge on any atom is 0.322 e. The summed E-state index contributed by atoms with van der Waals surface area (Å²) in [4.78, 5) is 13.9. The maximum atomic E-state index is 12.2. The Morgan fingerprint density at radius 2 is 2.09 bits per heavy atom. The number of rotatable bonds is 6. The number of hydrogen-bond donors (Lipinski definition) is 2. The quantitative estimate of drug-likeness (QED) is 0.853. The summed E-state index contributed by atoms with van der Waals surface area (Å²) >= 11 is 0. The molecular weight excluding hydrogens is 296 g/mol. The van der Waals surface area contributed by atoms with Gasteiger partial charge in [0, 0.05) is 30.3 Å². The standard InChI is InChI=1S/C16H20N4O3/c1-2-14-18-19-15(23-14)11-3-5-12(6-4-11)17-16(22)20(9-10-21)13-7-8-13/h3-6,13,21H,2,7-10H2,1H3,(H,17,22). The molecule has 2 amide bonds. The fourth-order valence-electron chi connectivity index (χ4n) is 2.35. The van der Waals surface area contributed by atoms with Crippen LogP contribution in [0, 0.1) is 0 Å². The molecule has 0 aliphatic heterocycles. The minimum Gasteiger partial charge on any atom is -0.421 e. The molecule has 2 aromatic rings. The molecule has 1 aliphatic carbocycles. The van der Waals surface area contributed by atoms with Crippen LogP contribution in [0.25, 0.3) is 11.5 Å². The fourth-order valence-corrected chi connectivity index (χ4v) is 2.35.